The van der Waals surface area contributed by atoms with Crippen LogP contribution in [0.2, 0.25) is 5.02 Å². The van der Waals surface area contributed by atoms with E-state index in [0.717, 1.165) is 0 Å². The molecule has 0 radical (unpaired) electrons. The second-order valence-electron chi connectivity index (χ2n) is 3.84. The van der Waals surface area contributed by atoms with E-state index in [4.69, 9.17) is 16.3 Å². The van der Waals surface area contributed by atoms with Gasteiger partial charge in [0.05, 0.1) is 18.5 Å². The molecule has 0 fully saturated rings. The van der Waals surface area contributed by atoms with Crippen molar-refractivity contribution in [3.05, 3.63) is 21.7 Å². The molecular formula is C9H14ClN3O2. The van der Waals surface area contributed by atoms with Crippen molar-refractivity contribution >= 4 is 17.4 Å². The molecule has 0 amide bonds. The maximum atomic E-state index is 11.2. The smallest absolute Gasteiger partial charge is 0.271 e. The molecule has 1 aromatic heterocycles. The predicted octanol–water partition coefficient (Wildman–Crippen LogP) is 1.26. The van der Waals surface area contributed by atoms with E-state index in [2.05, 4.69) is 15.3 Å². The first kappa shape index (κ1) is 12.0. The van der Waals surface area contributed by atoms with Gasteiger partial charge in [0.1, 0.15) is 5.02 Å². The van der Waals surface area contributed by atoms with E-state index in [9.17, 15) is 4.79 Å². The third kappa shape index (κ3) is 3.21. The Bertz CT molecular complexity index is 389. The quantitative estimate of drug-likeness (QED) is 0.819. The highest BCUT2D eigenvalue weighted by Crippen LogP contribution is 2.17. The first-order chi connectivity index (χ1) is 6.96. The average molecular weight is 232 g/mol. The molecule has 0 spiro atoms. The van der Waals surface area contributed by atoms with Crippen LogP contribution in [-0.4, -0.2) is 29.2 Å². The highest BCUT2D eigenvalue weighted by Gasteiger charge is 2.19. The number of hydrogen-bond acceptors (Lipinski definition) is 4. The van der Waals surface area contributed by atoms with Crippen LogP contribution in [-0.2, 0) is 4.74 Å². The molecule has 0 aliphatic rings. The Morgan fingerprint density at radius 1 is 1.67 bits per heavy atom. The molecule has 0 saturated heterocycles. The van der Waals surface area contributed by atoms with Crippen molar-refractivity contribution in [1.29, 1.82) is 0 Å². The van der Waals surface area contributed by atoms with Crippen LogP contribution in [0.5, 0.6) is 0 Å². The molecule has 0 aliphatic heterocycles. The van der Waals surface area contributed by atoms with E-state index in [0.29, 0.717) is 12.4 Å². The molecule has 84 valence electrons. The van der Waals surface area contributed by atoms with Crippen molar-refractivity contribution in [3.8, 4) is 0 Å². The van der Waals surface area contributed by atoms with Crippen LogP contribution in [0.25, 0.3) is 0 Å². The molecule has 1 aromatic rings. The SMILES string of the molecule is COCC(C)(C)Nc1nc[nH]c(=O)c1Cl. The summed E-state index contributed by atoms with van der Waals surface area (Å²) in [5, 5.41) is 3.10. The van der Waals surface area contributed by atoms with Gasteiger partial charge in [0.25, 0.3) is 5.56 Å². The summed E-state index contributed by atoms with van der Waals surface area (Å²) in [5.41, 5.74) is -0.693. The van der Waals surface area contributed by atoms with Crippen LogP contribution < -0.4 is 10.9 Å². The van der Waals surface area contributed by atoms with Crippen LogP contribution in [0.1, 0.15) is 13.8 Å². The third-order valence-electron chi connectivity index (χ3n) is 1.76. The Kier molecular flexibility index (Phi) is 3.71. The maximum Gasteiger partial charge on any atom is 0.271 e. The van der Waals surface area contributed by atoms with E-state index >= 15 is 0 Å². The number of anilines is 1. The monoisotopic (exact) mass is 231 g/mol. The van der Waals surface area contributed by atoms with E-state index in [1.54, 1.807) is 7.11 Å². The van der Waals surface area contributed by atoms with Gasteiger partial charge < -0.3 is 15.0 Å². The van der Waals surface area contributed by atoms with Gasteiger partial charge in [-0.15, -0.1) is 0 Å². The Labute approximate surface area is 92.8 Å². The fourth-order valence-corrected chi connectivity index (χ4v) is 1.34. The summed E-state index contributed by atoms with van der Waals surface area (Å²) in [6.07, 6.45) is 1.30. The molecule has 15 heavy (non-hydrogen) atoms. The maximum absolute atomic E-state index is 11.2. The molecule has 0 saturated carbocycles. The lowest BCUT2D eigenvalue weighted by Crippen LogP contribution is -2.36. The lowest BCUT2D eigenvalue weighted by atomic mass is 10.1. The summed E-state index contributed by atoms with van der Waals surface area (Å²) in [4.78, 5) is 17.5. The fourth-order valence-electron chi connectivity index (χ4n) is 1.19. The van der Waals surface area contributed by atoms with E-state index in [-0.39, 0.29) is 16.1 Å². The molecular weight excluding hydrogens is 218 g/mol. The van der Waals surface area contributed by atoms with Gasteiger partial charge in [0, 0.05) is 7.11 Å². The van der Waals surface area contributed by atoms with Crippen molar-refractivity contribution in [3.63, 3.8) is 0 Å². The Morgan fingerprint density at radius 2 is 2.33 bits per heavy atom. The van der Waals surface area contributed by atoms with Crippen LogP contribution >= 0.6 is 11.6 Å². The van der Waals surface area contributed by atoms with Crippen molar-refractivity contribution in [1.82, 2.24) is 9.97 Å². The first-order valence-electron chi connectivity index (χ1n) is 4.46. The zero-order valence-electron chi connectivity index (χ0n) is 8.93. The van der Waals surface area contributed by atoms with Crippen LogP contribution in [0.15, 0.2) is 11.1 Å². The standard InChI is InChI=1S/C9H14ClN3O2/c1-9(2,4-15-3)13-7-6(10)8(14)12-5-11-7/h5H,4H2,1-3H3,(H2,11,12,13,14). The minimum atomic E-state index is -0.359. The Morgan fingerprint density at radius 3 is 2.93 bits per heavy atom. The van der Waals surface area contributed by atoms with Crippen molar-refractivity contribution < 1.29 is 4.74 Å². The van der Waals surface area contributed by atoms with Crippen molar-refractivity contribution in [2.45, 2.75) is 19.4 Å². The van der Waals surface area contributed by atoms with E-state index in [1.165, 1.54) is 6.33 Å². The number of ether oxygens (including phenoxy) is 1. The van der Waals surface area contributed by atoms with E-state index < -0.39 is 0 Å². The summed E-state index contributed by atoms with van der Waals surface area (Å²) < 4.78 is 5.03. The van der Waals surface area contributed by atoms with E-state index in [1.807, 2.05) is 13.8 Å². The highest BCUT2D eigenvalue weighted by atomic mass is 35.5. The van der Waals surface area contributed by atoms with Gasteiger partial charge in [-0.05, 0) is 13.8 Å². The predicted molar refractivity (Wildman–Crippen MR) is 59.4 cm³/mol. The van der Waals surface area contributed by atoms with Crippen molar-refractivity contribution in [2.75, 3.05) is 19.0 Å². The van der Waals surface area contributed by atoms with Crippen LogP contribution in [0, 0.1) is 0 Å². The largest absolute Gasteiger partial charge is 0.382 e. The van der Waals surface area contributed by atoms with Gasteiger partial charge in [0.15, 0.2) is 5.82 Å². The molecule has 1 rings (SSSR count). The molecule has 6 heteroatoms. The normalized spacial score (nSPS) is 11.5. The summed E-state index contributed by atoms with van der Waals surface area (Å²) >= 11 is 5.79. The number of hydrogen-bond donors (Lipinski definition) is 2. The average Bonchev–Trinajstić information content (AvgIpc) is 2.12. The second-order valence-corrected chi connectivity index (χ2v) is 4.21. The summed E-state index contributed by atoms with van der Waals surface area (Å²) in [5.74, 6) is 0.363. The minimum absolute atomic E-state index is 0.0571. The molecule has 0 bridgehead atoms. The fraction of sp³-hybridized carbons (Fsp3) is 0.556. The number of rotatable bonds is 4. The lowest BCUT2D eigenvalue weighted by Gasteiger charge is -2.25. The Hall–Kier alpha value is -1.07. The van der Waals surface area contributed by atoms with Gasteiger partial charge in [-0.2, -0.15) is 0 Å². The van der Waals surface area contributed by atoms with Gasteiger partial charge in [0.2, 0.25) is 0 Å². The minimum Gasteiger partial charge on any atom is -0.382 e. The summed E-state index contributed by atoms with van der Waals surface area (Å²) in [6, 6.07) is 0. The Balaban J connectivity index is 2.90. The summed E-state index contributed by atoms with van der Waals surface area (Å²) in [7, 11) is 1.61. The van der Waals surface area contributed by atoms with Gasteiger partial charge in [-0.25, -0.2) is 4.98 Å². The van der Waals surface area contributed by atoms with Gasteiger partial charge >= 0.3 is 0 Å². The first-order valence-corrected chi connectivity index (χ1v) is 4.84. The van der Waals surface area contributed by atoms with Gasteiger partial charge in [-0.3, -0.25) is 4.79 Å². The number of nitrogens with zero attached hydrogens (tertiary/aromatic N) is 1. The molecule has 0 aromatic carbocycles. The molecule has 0 unspecified atom stereocenters. The molecule has 5 nitrogen and oxygen atoms in total. The van der Waals surface area contributed by atoms with Crippen molar-refractivity contribution in [2.24, 2.45) is 0 Å². The zero-order valence-corrected chi connectivity index (χ0v) is 9.68. The number of aromatic nitrogens is 2. The second kappa shape index (κ2) is 4.63. The van der Waals surface area contributed by atoms with Crippen LogP contribution in [0.4, 0.5) is 5.82 Å². The molecule has 1 heterocycles. The summed E-state index contributed by atoms with van der Waals surface area (Å²) in [6.45, 7) is 4.34. The molecule has 0 atom stereocenters. The zero-order chi connectivity index (χ0) is 11.5. The number of methoxy groups -OCH3 is 1. The number of halogens is 1. The molecule has 2 N–H and O–H groups in total. The number of aromatic amines is 1. The van der Waals surface area contributed by atoms with Gasteiger partial charge in [-0.1, -0.05) is 11.6 Å². The topological polar surface area (TPSA) is 67.0 Å². The van der Waals surface area contributed by atoms with Crippen LogP contribution in [0.3, 0.4) is 0 Å². The number of nitrogens with one attached hydrogen (secondary N) is 2. The number of H-pyrrole nitrogens is 1. The highest BCUT2D eigenvalue weighted by molar-refractivity contribution is 6.32. The molecule has 0 aliphatic carbocycles. The lowest BCUT2D eigenvalue weighted by molar-refractivity contribution is 0.158. The third-order valence-corrected chi connectivity index (χ3v) is 2.11.